The minimum absolute atomic E-state index is 0.0136. The lowest BCUT2D eigenvalue weighted by molar-refractivity contribution is -0.135. The van der Waals surface area contributed by atoms with Gasteiger partial charge in [-0.05, 0) is 43.5 Å². The van der Waals surface area contributed by atoms with E-state index in [0.29, 0.717) is 17.1 Å². The van der Waals surface area contributed by atoms with E-state index >= 15 is 0 Å². The Kier molecular flexibility index (Phi) is 5.35. The van der Waals surface area contributed by atoms with Crippen molar-refractivity contribution in [2.24, 2.45) is 11.0 Å². The molecule has 0 aliphatic heterocycles. The van der Waals surface area contributed by atoms with Gasteiger partial charge in [0.15, 0.2) is 11.5 Å². The first-order valence-corrected chi connectivity index (χ1v) is 6.99. The zero-order chi connectivity index (χ0) is 15.9. The first-order valence-electron chi connectivity index (χ1n) is 6.99. The van der Waals surface area contributed by atoms with Gasteiger partial charge in [0.1, 0.15) is 0 Å². The standard InChI is InChI=1S/C15H18N2O5/c1-3-21-15(19)17-16-9-10-4-7-12(13(8-10)20-2)22-14(18)11-5-6-11/h4,7-9,11H,3,5-6H2,1-2H3,(H,17,19)/b16-9-. The van der Waals surface area contributed by atoms with Gasteiger partial charge in [-0.1, -0.05) is 0 Å². The predicted molar refractivity (Wildman–Crippen MR) is 79.1 cm³/mol. The first-order chi connectivity index (χ1) is 10.6. The monoisotopic (exact) mass is 306 g/mol. The van der Waals surface area contributed by atoms with E-state index in [9.17, 15) is 9.59 Å². The molecular formula is C15H18N2O5. The molecule has 1 aromatic carbocycles. The fourth-order valence-electron chi connectivity index (χ4n) is 1.68. The average molecular weight is 306 g/mol. The highest BCUT2D eigenvalue weighted by Crippen LogP contribution is 2.34. The molecule has 118 valence electrons. The molecule has 1 saturated carbocycles. The van der Waals surface area contributed by atoms with Gasteiger partial charge in [-0.25, -0.2) is 10.2 Å². The van der Waals surface area contributed by atoms with Crippen LogP contribution in [0, 0.1) is 5.92 Å². The lowest BCUT2D eigenvalue weighted by atomic mass is 10.2. The summed E-state index contributed by atoms with van der Waals surface area (Å²) < 4.78 is 15.2. The number of hydrogen-bond acceptors (Lipinski definition) is 6. The van der Waals surface area contributed by atoms with Crippen LogP contribution in [-0.4, -0.2) is 32.0 Å². The Balaban J connectivity index is 1.99. The Labute approximate surface area is 128 Å². The number of hydrazone groups is 1. The van der Waals surface area contributed by atoms with Gasteiger partial charge in [-0.3, -0.25) is 4.79 Å². The van der Waals surface area contributed by atoms with Crippen molar-refractivity contribution in [3.05, 3.63) is 23.8 Å². The van der Waals surface area contributed by atoms with Gasteiger partial charge in [-0.15, -0.1) is 0 Å². The summed E-state index contributed by atoms with van der Waals surface area (Å²) in [5.74, 6) is 0.576. The number of carbonyl (C=O) groups excluding carboxylic acids is 2. The average Bonchev–Trinajstić information content (AvgIpc) is 3.33. The summed E-state index contributed by atoms with van der Waals surface area (Å²) in [6.45, 7) is 1.98. The van der Waals surface area contributed by atoms with Crippen LogP contribution in [0.4, 0.5) is 4.79 Å². The van der Waals surface area contributed by atoms with Gasteiger partial charge in [0.2, 0.25) is 0 Å². The van der Waals surface area contributed by atoms with Crippen molar-refractivity contribution in [3.63, 3.8) is 0 Å². The van der Waals surface area contributed by atoms with E-state index in [1.807, 2.05) is 0 Å². The Hall–Kier alpha value is -2.57. The molecule has 1 amide bonds. The molecule has 0 atom stereocenters. The van der Waals surface area contributed by atoms with Crippen LogP contribution in [0.3, 0.4) is 0 Å². The van der Waals surface area contributed by atoms with E-state index in [2.05, 4.69) is 15.3 Å². The lowest BCUT2D eigenvalue weighted by Gasteiger charge is -2.09. The van der Waals surface area contributed by atoms with Crippen molar-refractivity contribution in [1.82, 2.24) is 5.43 Å². The molecule has 0 aromatic heterocycles. The topological polar surface area (TPSA) is 86.2 Å². The molecule has 0 saturated heterocycles. The number of carbonyl (C=O) groups is 2. The molecule has 0 bridgehead atoms. The quantitative estimate of drug-likeness (QED) is 0.376. The van der Waals surface area contributed by atoms with Gasteiger partial charge in [0, 0.05) is 0 Å². The highest BCUT2D eigenvalue weighted by Gasteiger charge is 2.32. The largest absolute Gasteiger partial charge is 0.493 e. The first kappa shape index (κ1) is 15.8. The van der Waals surface area contributed by atoms with Crippen LogP contribution >= 0.6 is 0 Å². The van der Waals surface area contributed by atoms with Crippen molar-refractivity contribution in [1.29, 1.82) is 0 Å². The van der Waals surface area contributed by atoms with E-state index in [1.165, 1.54) is 13.3 Å². The molecule has 0 radical (unpaired) electrons. The van der Waals surface area contributed by atoms with E-state index in [1.54, 1.807) is 25.1 Å². The molecule has 2 rings (SSSR count). The van der Waals surface area contributed by atoms with Crippen LogP contribution in [0.25, 0.3) is 0 Å². The maximum atomic E-state index is 11.7. The highest BCUT2D eigenvalue weighted by molar-refractivity contribution is 5.83. The second kappa shape index (κ2) is 7.44. The van der Waals surface area contributed by atoms with Crippen LogP contribution in [0.5, 0.6) is 11.5 Å². The molecular weight excluding hydrogens is 288 g/mol. The van der Waals surface area contributed by atoms with Crippen LogP contribution in [0.15, 0.2) is 23.3 Å². The molecule has 1 aliphatic rings. The number of benzene rings is 1. The number of ether oxygens (including phenoxy) is 3. The molecule has 7 nitrogen and oxygen atoms in total. The molecule has 1 aromatic rings. The summed E-state index contributed by atoms with van der Waals surface area (Å²) >= 11 is 0. The zero-order valence-corrected chi connectivity index (χ0v) is 12.5. The fraction of sp³-hybridized carbons (Fsp3) is 0.400. The molecule has 1 N–H and O–H groups in total. The van der Waals surface area contributed by atoms with Gasteiger partial charge in [-0.2, -0.15) is 5.10 Å². The van der Waals surface area contributed by atoms with Crippen LogP contribution in [0.2, 0.25) is 0 Å². The van der Waals surface area contributed by atoms with Crippen molar-refractivity contribution in [2.75, 3.05) is 13.7 Å². The van der Waals surface area contributed by atoms with Crippen molar-refractivity contribution in [2.45, 2.75) is 19.8 Å². The Morgan fingerprint density at radius 2 is 2.14 bits per heavy atom. The van der Waals surface area contributed by atoms with Crippen molar-refractivity contribution < 1.29 is 23.8 Å². The number of rotatable bonds is 6. The van der Waals surface area contributed by atoms with Crippen LogP contribution in [-0.2, 0) is 9.53 Å². The molecule has 0 spiro atoms. The van der Waals surface area contributed by atoms with Gasteiger partial charge in [0.25, 0.3) is 0 Å². The third kappa shape index (κ3) is 4.47. The molecule has 7 heteroatoms. The Bertz CT molecular complexity index is 581. The summed E-state index contributed by atoms with van der Waals surface area (Å²) in [7, 11) is 1.49. The minimum atomic E-state index is -0.624. The third-order valence-electron chi connectivity index (χ3n) is 2.95. The van der Waals surface area contributed by atoms with E-state index in [0.717, 1.165) is 12.8 Å². The van der Waals surface area contributed by atoms with Gasteiger partial charge < -0.3 is 14.2 Å². The summed E-state index contributed by atoms with van der Waals surface area (Å²) in [5.41, 5.74) is 2.90. The van der Waals surface area contributed by atoms with Crippen molar-refractivity contribution in [3.8, 4) is 11.5 Å². The maximum absolute atomic E-state index is 11.7. The van der Waals surface area contributed by atoms with Gasteiger partial charge in [0.05, 0.1) is 25.8 Å². The van der Waals surface area contributed by atoms with Gasteiger partial charge >= 0.3 is 12.1 Å². The second-order valence-corrected chi connectivity index (χ2v) is 4.70. The summed E-state index contributed by atoms with van der Waals surface area (Å²) in [6.07, 6.45) is 2.57. The van der Waals surface area contributed by atoms with Crippen LogP contribution in [0.1, 0.15) is 25.3 Å². The third-order valence-corrected chi connectivity index (χ3v) is 2.95. The number of nitrogens with zero attached hydrogens (tertiary/aromatic N) is 1. The lowest BCUT2D eigenvalue weighted by Crippen LogP contribution is -2.18. The second-order valence-electron chi connectivity index (χ2n) is 4.70. The summed E-state index contributed by atoms with van der Waals surface area (Å²) in [5, 5.41) is 3.75. The number of esters is 1. The van der Waals surface area contributed by atoms with Crippen molar-refractivity contribution >= 4 is 18.3 Å². The maximum Gasteiger partial charge on any atom is 0.427 e. The van der Waals surface area contributed by atoms with E-state index in [-0.39, 0.29) is 18.5 Å². The summed E-state index contributed by atoms with van der Waals surface area (Å²) in [6, 6.07) is 4.99. The number of methoxy groups -OCH3 is 1. The Morgan fingerprint density at radius 1 is 1.36 bits per heavy atom. The minimum Gasteiger partial charge on any atom is -0.493 e. The SMILES string of the molecule is CCOC(=O)N/N=C\c1ccc(OC(=O)C2CC2)c(OC)c1. The summed E-state index contributed by atoms with van der Waals surface area (Å²) in [4.78, 5) is 22.7. The predicted octanol–water partition coefficient (Wildman–Crippen LogP) is 2.09. The normalized spacial score (nSPS) is 13.7. The fourth-order valence-corrected chi connectivity index (χ4v) is 1.68. The zero-order valence-electron chi connectivity index (χ0n) is 12.5. The molecule has 1 aliphatic carbocycles. The molecule has 0 heterocycles. The molecule has 0 unspecified atom stereocenters. The molecule has 1 fully saturated rings. The highest BCUT2D eigenvalue weighted by atomic mass is 16.6. The smallest absolute Gasteiger partial charge is 0.427 e. The number of nitrogens with one attached hydrogen (secondary N) is 1. The number of amides is 1. The van der Waals surface area contributed by atoms with Crippen LogP contribution < -0.4 is 14.9 Å². The van der Waals surface area contributed by atoms with E-state index < -0.39 is 6.09 Å². The van der Waals surface area contributed by atoms with E-state index in [4.69, 9.17) is 9.47 Å². The Morgan fingerprint density at radius 3 is 2.77 bits per heavy atom. The molecule has 22 heavy (non-hydrogen) atoms. The number of hydrogen-bond donors (Lipinski definition) is 1.